The fourth-order valence-electron chi connectivity index (χ4n) is 4.34. The molecule has 2 fully saturated rings. The number of hydrogen-bond acceptors (Lipinski definition) is 1. The molecule has 0 aromatic heterocycles. The molecule has 0 amide bonds. The summed E-state index contributed by atoms with van der Waals surface area (Å²) in [5, 5.41) is 9.46. The molecule has 19 heavy (non-hydrogen) atoms. The lowest BCUT2D eigenvalue weighted by Crippen LogP contribution is -2.33. The summed E-state index contributed by atoms with van der Waals surface area (Å²) in [6, 6.07) is 0. The number of aliphatic carboxylic acids is 1. The van der Waals surface area contributed by atoms with Gasteiger partial charge in [0.2, 0.25) is 0 Å². The van der Waals surface area contributed by atoms with E-state index < -0.39 is 5.97 Å². The maximum atomic E-state index is 11.5. The molecular weight excluding hydrogens is 236 g/mol. The molecule has 0 aliphatic heterocycles. The summed E-state index contributed by atoms with van der Waals surface area (Å²) in [5.74, 6) is 2.13. The standard InChI is InChI=1S/C17H30O2/c1-12(2)14-8-9-16(17(18)19)15(11-14)10-13-6-4-3-5-7-13/h12-16H,3-11H2,1-2H3,(H,18,19). The topological polar surface area (TPSA) is 37.3 Å². The molecule has 0 aromatic rings. The van der Waals surface area contributed by atoms with Gasteiger partial charge in [0.05, 0.1) is 5.92 Å². The molecule has 2 aliphatic rings. The van der Waals surface area contributed by atoms with E-state index in [-0.39, 0.29) is 5.92 Å². The predicted molar refractivity (Wildman–Crippen MR) is 78.0 cm³/mol. The van der Waals surface area contributed by atoms with Crippen LogP contribution in [-0.4, -0.2) is 11.1 Å². The van der Waals surface area contributed by atoms with Crippen molar-refractivity contribution in [3.8, 4) is 0 Å². The average molecular weight is 266 g/mol. The van der Waals surface area contributed by atoms with Crippen LogP contribution in [0, 0.1) is 29.6 Å². The Kier molecular flexibility index (Phi) is 5.29. The van der Waals surface area contributed by atoms with Gasteiger partial charge < -0.3 is 5.11 Å². The summed E-state index contributed by atoms with van der Waals surface area (Å²) < 4.78 is 0. The van der Waals surface area contributed by atoms with Gasteiger partial charge in [-0.15, -0.1) is 0 Å². The number of carboxylic acids is 1. The lowest BCUT2D eigenvalue weighted by atomic mass is 9.67. The van der Waals surface area contributed by atoms with Crippen LogP contribution in [0.15, 0.2) is 0 Å². The van der Waals surface area contributed by atoms with Gasteiger partial charge in [0.25, 0.3) is 0 Å². The van der Waals surface area contributed by atoms with Gasteiger partial charge in [-0.05, 0) is 49.4 Å². The highest BCUT2D eigenvalue weighted by Gasteiger charge is 2.37. The molecule has 0 aromatic carbocycles. The zero-order chi connectivity index (χ0) is 13.8. The smallest absolute Gasteiger partial charge is 0.306 e. The highest BCUT2D eigenvalue weighted by atomic mass is 16.4. The zero-order valence-corrected chi connectivity index (χ0v) is 12.6. The third-order valence-electron chi connectivity index (χ3n) is 5.64. The minimum Gasteiger partial charge on any atom is -0.481 e. The first kappa shape index (κ1) is 14.9. The van der Waals surface area contributed by atoms with E-state index in [1.165, 1.54) is 38.5 Å². The molecule has 1 N–H and O–H groups in total. The summed E-state index contributed by atoms with van der Waals surface area (Å²) in [6.07, 6.45) is 11.2. The average Bonchev–Trinajstić information content (AvgIpc) is 2.39. The number of hydrogen-bond donors (Lipinski definition) is 1. The van der Waals surface area contributed by atoms with Gasteiger partial charge in [0.1, 0.15) is 0 Å². The van der Waals surface area contributed by atoms with Crippen molar-refractivity contribution in [2.75, 3.05) is 0 Å². The Labute approximate surface area is 118 Å². The summed E-state index contributed by atoms with van der Waals surface area (Å²) in [6.45, 7) is 4.59. The van der Waals surface area contributed by atoms with Gasteiger partial charge in [-0.25, -0.2) is 0 Å². The second-order valence-corrected chi connectivity index (χ2v) is 7.26. The molecule has 110 valence electrons. The van der Waals surface area contributed by atoms with Crippen LogP contribution in [-0.2, 0) is 4.79 Å². The molecule has 3 unspecified atom stereocenters. The molecular formula is C17H30O2. The van der Waals surface area contributed by atoms with E-state index in [9.17, 15) is 9.90 Å². The second-order valence-electron chi connectivity index (χ2n) is 7.26. The Morgan fingerprint density at radius 2 is 1.79 bits per heavy atom. The Balaban J connectivity index is 1.96. The molecule has 0 bridgehead atoms. The van der Waals surface area contributed by atoms with Crippen molar-refractivity contribution in [2.45, 2.75) is 71.6 Å². The van der Waals surface area contributed by atoms with Gasteiger partial charge in [-0.3, -0.25) is 4.79 Å². The first-order valence-electron chi connectivity index (χ1n) is 8.30. The molecule has 0 saturated heterocycles. The second kappa shape index (κ2) is 6.76. The van der Waals surface area contributed by atoms with E-state index in [0.29, 0.717) is 11.8 Å². The molecule has 0 radical (unpaired) electrons. The summed E-state index contributed by atoms with van der Waals surface area (Å²) in [5.41, 5.74) is 0. The van der Waals surface area contributed by atoms with Gasteiger partial charge in [-0.1, -0.05) is 46.0 Å². The summed E-state index contributed by atoms with van der Waals surface area (Å²) in [7, 11) is 0. The molecule has 0 heterocycles. The third-order valence-corrected chi connectivity index (χ3v) is 5.64. The summed E-state index contributed by atoms with van der Waals surface area (Å²) in [4.78, 5) is 11.5. The molecule has 0 spiro atoms. The van der Waals surface area contributed by atoms with Gasteiger partial charge >= 0.3 is 5.97 Å². The SMILES string of the molecule is CC(C)C1CCC(C(=O)O)C(CC2CCCCC2)C1. The maximum Gasteiger partial charge on any atom is 0.306 e. The lowest BCUT2D eigenvalue weighted by molar-refractivity contribution is -0.146. The van der Waals surface area contributed by atoms with Crippen LogP contribution in [0.4, 0.5) is 0 Å². The van der Waals surface area contributed by atoms with Crippen LogP contribution in [0.3, 0.4) is 0 Å². The van der Waals surface area contributed by atoms with E-state index in [1.54, 1.807) is 0 Å². The minimum atomic E-state index is -0.539. The number of carbonyl (C=O) groups is 1. The lowest BCUT2D eigenvalue weighted by Gasteiger charge is -2.38. The molecule has 2 aliphatic carbocycles. The molecule has 2 rings (SSSR count). The fraction of sp³-hybridized carbons (Fsp3) is 0.941. The first-order chi connectivity index (χ1) is 9.08. The van der Waals surface area contributed by atoms with Crippen molar-refractivity contribution in [1.82, 2.24) is 0 Å². The highest BCUT2D eigenvalue weighted by molar-refractivity contribution is 5.70. The molecule has 2 saturated carbocycles. The van der Waals surface area contributed by atoms with Gasteiger partial charge in [0, 0.05) is 0 Å². The molecule has 3 atom stereocenters. The van der Waals surface area contributed by atoms with Crippen LogP contribution >= 0.6 is 0 Å². The Morgan fingerprint density at radius 3 is 2.37 bits per heavy atom. The largest absolute Gasteiger partial charge is 0.481 e. The van der Waals surface area contributed by atoms with Crippen LogP contribution in [0.1, 0.15) is 71.6 Å². The van der Waals surface area contributed by atoms with Crippen molar-refractivity contribution in [3.05, 3.63) is 0 Å². The quantitative estimate of drug-likeness (QED) is 0.798. The predicted octanol–water partition coefficient (Wildman–Crippen LogP) is 4.73. The van der Waals surface area contributed by atoms with Crippen LogP contribution < -0.4 is 0 Å². The highest BCUT2D eigenvalue weighted by Crippen LogP contribution is 2.42. The Hall–Kier alpha value is -0.530. The Morgan fingerprint density at radius 1 is 1.11 bits per heavy atom. The van der Waals surface area contributed by atoms with E-state index in [2.05, 4.69) is 13.8 Å². The van der Waals surface area contributed by atoms with E-state index >= 15 is 0 Å². The van der Waals surface area contributed by atoms with Crippen molar-refractivity contribution >= 4 is 5.97 Å². The molecule has 2 nitrogen and oxygen atoms in total. The fourth-order valence-corrected chi connectivity index (χ4v) is 4.34. The molecule has 2 heteroatoms. The van der Waals surface area contributed by atoms with Gasteiger partial charge in [-0.2, -0.15) is 0 Å². The number of carboxylic acid groups (broad SMARTS) is 1. The van der Waals surface area contributed by atoms with E-state index in [0.717, 1.165) is 31.1 Å². The van der Waals surface area contributed by atoms with Crippen LogP contribution in [0.2, 0.25) is 0 Å². The maximum absolute atomic E-state index is 11.5. The minimum absolute atomic E-state index is 0.0584. The van der Waals surface area contributed by atoms with Gasteiger partial charge in [0.15, 0.2) is 0 Å². The monoisotopic (exact) mass is 266 g/mol. The van der Waals surface area contributed by atoms with Crippen molar-refractivity contribution in [2.24, 2.45) is 29.6 Å². The van der Waals surface area contributed by atoms with E-state index in [1.807, 2.05) is 0 Å². The Bertz CT molecular complexity index is 292. The number of rotatable bonds is 4. The van der Waals surface area contributed by atoms with Crippen molar-refractivity contribution in [3.63, 3.8) is 0 Å². The normalized spacial score (nSPS) is 33.5. The first-order valence-corrected chi connectivity index (χ1v) is 8.30. The summed E-state index contributed by atoms with van der Waals surface area (Å²) >= 11 is 0. The van der Waals surface area contributed by atoms with E-state index in [4.69, 9.17) is 0 Å². The third kappa shape index (κ3) is 3.97. The van der Waals surface area contributed by atoms with Crippen molar-refractivity contribution in [1.29, 1.82) is 0 Å². The van der Waals surface area contributed by atoms with Crippen LogP contribution in [0.5, 0.6) is 0 Å². The van der Waals surface area contributed by atoms with Crippen molar-refractivity contribution < 1.29 is 9.90 Å². The zero-order valence-electron chi connectivity index (χ0n) is 12.6. The van der Waals surface area contributed by atoms with Crippen LogP contribution in [0.25, 0.3) is 0 Å².